The predicted octanol–water partition coefficient (Wildman–Crippen LogP) is 2.34. The third-order valence-electron chi connectivity index (χ3n) is 3.01. The number of hydrogen-bond donors (Lipinski definition) is 1. The van der Waals surface area contributed by atoms with Gasteiger partial charge in [-0.1, -0.05) is 12.8 Å². The van der Waals surface area contributed by atoms with Gasteiger partial charge in [0.1, 0.15) is 5.76 Å². The monoisotopic (exact) mass is 179 g/mol. The first kappa shape index (κ1) is 8.82. The summed E-state index contributed by atoms with van der Waals surface area (Å²) in [6.45, 7) is 0. The smallest absolute Gasteiger partial charge is 0.104 e. The molecule has 0 bridgehead atoms. The molecule has 2 N–H and O–H groups in total. The Hall–Kier alpha value is -0.760. The number of rotatable bonds is 2. The summed E-state index contributed by atoms with van der Waals surface area (Å²) >= 11 is 0. The van der Waals surface area contributed by atoms with Gasteiger partial charge < -0.3 is 10.2 Å². The topological polar surface area (TPSA) is 39.2 Å². The second kappa shape index (κ2) is 3.97. The Bertz CT molecular complexity index is 243. The van der Waals surface area contributed by atoms with Crippen molar-refractivity contribution >= 4 is 0 Å². The fourth-order valence-corrected chi connectivity index (χ4v) is 2.18. The second-order valence-corrected chi connectivity index (χ2v) is 3.99. The van der Waals surface area contributed by atoms with Gasteiger partial charge in [0, 0.05) is 12.5 Å². The lowest BCUT2D eigenvalue weighted by Crippen LogP contribution is -2.34. The highest BCUT2D eigenvalue weighted by atomic mass is 16.3. The van der Waals surface area contributed by atoms with Gasteiger partial charge in [0.2, 0.25) is 0 Å². The van der Waals surface area contributed by atoms with Crippen LogP contribution in [0.5, 0.6) is 0 Å². The summed E-state index contributed by atoms with van der Waals surface area (Å²) in [5.74, 6) is 1.72. The van der Waals surface area contributed by atoms with Gasteiger partial charge in [0.05, 0.1) is 6.26 Å². The highest BCUT2D eigenvalue weighted by molar-refractivity contribution is 5.00. The maximum Gasteiger partial charge on any atom is 0.104 e. The first-order chi connectivity index (χ1) is 6.36. The Morgan fingerprint density at radius 3 is 2.92 bits per heavy atom. The average Bonchev–Trinajstić information content (AvgIpc) is 2.61. The van der Waals surface area contributed by atoms with E-state index in [1.54, 1.807) is 6.26 Å². The van der Waals surface area contributed by atoms with Crippen LogP contribution < -0.4 is 5.73 Å². The van der Waals surface area contributed by atoms with Gasteiger partial charge in [-0.25, -0.2) is 0 Å². The van der Waals surface area contributed by atoms with Gasteiger partial charge in [0.15, 0.2) is 0 Å². The molecule has 2 nitrogen and oxygen atoms in total. The predicted molar refractivity (Wildman–Crippen MR) is 52.3 cm³/mol. The lowest BCUT2D eigenvalue weighted by atomic mass is 9.82. The SMILES string of the molecule is N[C@@H]1CCCC[C@@H]1Cc1ccco1. The molecule has 1 fully saturated rings. The third kappa shape index (κ3) is 2.13. The fraction of sp³-hybridized carbons (Fsp3) is 0.636. The van der Waals surface area contributed by atoms with Crippen molar-refractivity contribution in [3.63, 3.8) is 0 Å². The quantitative estimate of drug-likeness (QED) is 0.756. The highest BCUT2D eigenvalue weighted by Gasteiger charge is 2.22. The van der Waals surface area contributed by atoms with E-state index >= 15 is 0 Å². The summed E-state index contributed by atoms with van der Waals surface area (Å²) in [7, 11) is 0. The van der Waals surface area contributed by atoms with Crippen LogP contribution in [0.3, 0.4) is 0 Å². The van der Waals surface area contributed by atoms with Gasteiger partial charge in [0.25, 0.3) is 0 Å². The van der Waals surface area contributed by atoms with E-state index in [9.17, 15) is 0 Å². The van der Waals surface area contributed by atoms with E-state index < -0.39 is 0 Å². The maximum absolute atomic E-state index is 6.05. The lowest BCUT2D eigenvalue weighted by molar-refractivity contribution is 0.290. The molecular weight excluding hydrogens is 162 g/mol. The minimum absolute atomic E-state index is 0.388. The number of nitrogens with two attached hydrogens (primary N) is 1. The van der Waals surface area contributed by atoms with Crippen molar-refractivity contribution in [2.75, 3.05) is 0 Å². The molecule has 0 saturated heterocycles. The summed E-state index contributed by atoms with van der Waals surface area (Å²) in [5.41, 5.74) is 6.05. The van der Waals surface area contributed by atoms with E-state index in [1.807, 2.05) is 12.1 Å². The van der Waals surface area contributed by atoms with E-state index in [-0.39, 0.29) is 0 Å². The molecule has 1 aromatic rings. The molecule has 1 aliphatic rings. The van der Waals surface area contributed by atoms with Crippen LogP contribution in [0.4, 0.5) is 0 Å². The van der Waals surface area contributed by atoms with Crippen molar-refractivity contribution in [1.82, 2.24) is 0 Å². The summed E-state index contributed by atoms with van der Waals surface area (Å²) in [5, 5.41) is 0. The molecule has 0 spiro atoms. The summed E-state index contributed by atoms with van der Waals surface area (Å²) < 4.78 is 5.33. The molecule has 13 heavy (non-hydrogen) atoms. The Kier molecular flexibility index (Phi) is 2.69. The molecule has 2 rings (SSSR count). The lowest BCUT2D eigenvalue weighted by Gasteiger charge is -2.27. The summed E-state index contributed by atoms with van der Waals surface area (Å²) in [6.07, 6.45) is 7.85. The Balaban J connectivity index is 1.93. The Morgan fingerprint density at radius 1 is 1.38 bits per heavy atom. The number of hydrogen-bond acceptors (Lipinski definition) is 2. The van der Waals surface area contributed by atoms with Gasteiger partial charge in [-0.2, -0.15) is 0 Å². The molecular formula is C11H17NO. The molecule has 0 unspecified atom stereocenters. The van der Waals surface area contributed by atoms with Crippen LogP contribution in [0.25, 0.3) is 0 Å². The van der Waals surface area contributed by atoms with Crippen LogP contribution in [-0.4, -0.2) is 6.04 Å². The minimum atomic E-state index is 0.388. The Labute approximate surface area is 79.1 Å². The van der Waals surface area contributed by atoms with Crippen molar-refractivity contribution in [3.05, 3.63) is 24.2 Å². The fourth-order valence-electron chi connectivity index (χ4n) is 2.18. The van der Waals surface area contributed by atoms with E-state index in [4.69, 9.17) is 10.2 Å². The molecule has 2 atom stereocenters. The van der Waals surface area contributed by atoms with Gasteiger partial charge in [-0.3, -0.25) is 0 Å². The molecule has 0 radical (unpaired) electrons. The summed E-state index contributed by atoms with van der Waals surface area (Å²) in [4.78, 5) is 0. The molecule has 2 heteroatoms. The normalized spacial score (nSPS) is 29.0. The zero-order valence-electron chi connectivity index (χ0n) is 7.91. The Morgan fingerprint density at radius 2 is 2.23 bits per heavy atom. The molecule has 0 aromatic carbocycles. The molecule has 0 aliphatic heterocycles. The van der Waals surface area contributed by atoms with Crippen LogP contribution >= 0.6 is 0 Å². The zero-order valence-corrected chi connectivity index (χ0v) is 7.91. The van der Waals surface area contributed by atoms with Crippen LogP contribution in [-0.2, 0) is 6.42 Å². The van der Waals surface area contributed by atoms with E-state index in [2.05, 4.69) is 0 Å². The van der Waals surface area contributed by atoms with Crippen molar-refractivity contribution in [2.24, 2.45) is 11.7 Å². The van der Waals surface area contributed by atoms with Crippen LogP contribution in [0.15, 0.2) is 22.8 Å². The van der Waals surface area contributed by atoms with Gasteiger partial charge >= 0.3 is 0 Å². The van der Waals surface area contributed by atoms with E-state index in [0.29, 0.717) is 12.0 Å². The average molecular weight is 179 g/mol. The molecule has 72 valence electrons. The standard InChI is InChI=1S/C11H17NO/c12-11-6-2-1-4-9(11)8-10-5-3-7-13-10/h3,5,7,9,11H,1-2,4,6,8,12H2/t9-,11-/m1/s1. The van der Waals surface area contributed by atoms with Crippen molar-refractivity contribution in [2.45, 2.75) is 38.1 Å². The van der Waals surface area contributed by atoms with Gasteiger partial charge in [-0.05, 0) is 30.9 Å². The van der Waals surface area contributed by atoms with Crippen LogP contribution in [0, 0.1) is 5.92 Å². The molecule has 1 aromatic heterocycles. The van der Waals surface area contributed by atoms with Crippen molar-refractivity contribution in [1.29, 1.82) is 0 Å². The first-order valence-corrected chi connectivity index (χ1v) is 5.14. The van der Waals surface area contributed by atoms with Crippen molar-refractivity contribution < 1.29 is 4.42 Å². The zero-order chi connectivity index (χ0) is 9.10. The van der Waals surface area contributed by atoms with E-state index in [0.717, 1.165) is 12.2 Å². The van der Waals surface area contributed by atoms with Gasteiger partial charge in [-0.15, -0.1) is 0 Å². The van der Waals surface area contributed by atoms with Crippen molar-refractivity contribution in [3.8, 4) is 0 Å². The molecule has 1 heterocycles. The second-order valence-electron chi connectivity index (χ2n) is 3.99. The number of furan rings is 1. The third-order valence-corrected chi connectivity index (χ3v) is 3.01. The van der Waals surface area contributed by atoms with E-state index in [1.165, 1.54) is 25.7 Å². The van der Waals surface area contributed by atoms with Crippen LogP contribution in [0.1, 0.15) is 31.4 Å². The molecule has 1 aliphatic carbocycles. The van der Waals surface area contributed by atoms with Crippen LogP contribution in [0.2, 0.25) is 0 Å². The summed E-state index contributed by atoms with van der Waals surface area (Å²) in [6, 6.07) is 4.38. The molecule has 0 amide bonds. The first-order valence-electron chi connectivity index (χ1n) is 5.14. The highest BCUT2D eigenvalue weighted by Crippen LogP contribution is 2.26. The molecule has 1 saturated carbocycles. The maximum atomic E-state index is 6.05. The minimum Gasteiger partial charge on any atom is -0.469 e. The largest absolute Gasteiger partial charge is 0.469 e.